The summed E-state index contributed by atoms with van der Waals surface area (Å²) in [7, 11) is 3.27. The van der Waals surface area contributed by atoms with Gasteiger partial charge in [-0.1, -0.05) is 28.1 Å². The zero-order valence-electron chi connectivity index (χ0n) is 11.8. The predicted octanol–water partition coefficient (Wildman–Crippen LogP) is 1.95. The van der Waals surface area contributed by atoms with E-state index in [9.17, 15) is 9.90 Å². The molecule has 0 spiro atoms. The van der Waals surface area contributed by atoms with Crippen molar-refractivity contribution in [3.63, 3.8) is 0 Å². The lowest BCUT2D eigenvalue weighted by molar-refractivity contribution is -0.134. The Labute approximate surface area is 127 Å². The molecule has 1 atom stereocenters. The standard InChI is InChI=1S/C15H20BrNO3/c1-17(9-13(18)10-20-2)14(19)15(6-7-15)11-4-3-5-12(16)8-11/h3-5,8,13,18H,6-7,9-10H2,1-2H3. The van der Waals surface area contributed by atoms with E-state index in [0.717, 1.165) is 22.9 Å². The summed E-state index contributed by atoms with van der Waals surface area (Å²) in [4.78, 5) is 14.2. The summed E-state index contributed by atoms with van der Waals surface area (Å²) in [5.74, 6) is 0.0748. The van der Waals surface area contributed by atoms with Gasteiger partial charge in [0.15, 0.2) is 0 Å². The van der Waals surface area contributed by atoms with Gasteiger partial charge in [-0.2, -0.15) is 0 Å². The molecular formula is C15H20BrNO3. The lowest BCUT2D eigenvalue weighted by atomic mass is 9.94. The average molecular weight is 342 g/mol. The Balaban J connectivity index is 2.08. The van der Waals surface area contributed by atoms with Crippen molar-refractivity contribution in [2.45, 2.75) is 24.4 Å². The van der Waals surface area contributed by atoms with Crippen molar-refractivity contribution in [1.29, 1.82) is 0 Å². The van der Waals surface area contributed by atoms with Gasteiger partial charge in [0.25, 0.3) is 0 Å². The molecule has 0 saturated heterocycles. The molecular weight excluding hydrogens is 322 g/mol. The third kappa shape index (κ3) is 3.22. The normalized spacial score (nSPS) is 17.6. The second-order valence-corrected chi connectivity index (χ2v) is 6.30. The Kier molecular flexibility index (Phi) is 4.83. The lowest BCUT2D eigenvalue weighted by Gasteiger charge is -2.26. The van der Waals surface area contributed by atoms with Crippen LogP contribution in [0.5, 0.6) is 0 Å². The number of amides is 1. The number of rotatable bonds is 6. The van der Waals surface area contributed by atoms with Crippen LogP contribution in [0, 0.1) is 0 Å². The molecule has 0 bridgehead atoms. The van der Waals surface area contributed by atoms with Crippen LogP contribution in [-0.4, -0.2) is 49.3 Å². The molecule has 1 saturated carbocycles. The van der Waals surface area contributed by atoms with Crippen molar-refractivity contribution in [2.24, 2.45) is 0 Å². The zero-order valence-corrected chi connectivity index (χ0v) is 13.4. The molecule has 1 amide bonds. The summed E-state index contributed by atoms with van der Waals surface area (Å²) in [5.41, 5.74) is 0.649. The van der Waals surface area contributed by atoms with Crippen molar-refractivity contribution >= 4 is 21.8 Å². The van der Waals surface area contributed by atoms with Crippen molar-refractivity contribution < 1.29 is 14.6 Å². The van der Waals surface area contributed by atoms with Gasteiger partial charge in [-0.15, -0.1) is 0 Å². The Morgan fingerprint density at radius 3 is 2.80 bits per heavy atom. The monoisotopic (exact) mass is 341 g/mol. The number of nitrogens with zero attached hydrogens (tertiary/aromatic N) is 1. The number of carbonyl (C=O) groups excluding carboxylic acids is 1. The fourth-order valence-corrected chi connectivity index (χ4v) is 2.95. The highest BCUT2D eigenvalue weighted by molar-refractivity contribution is 9.10. The molecule has 4 nitrogen and oxygen atoms in total. The molecule has 110 valence electrons. The van der Waals surface area contributed by atoms with E-state index in [2.05, 4.69) is 15.9 Å². The van der Waals surface area contributed by atoms with E-state index < -0.39 is 11.5 Å². The molecule has 20 heavy (non-hydrogen) atoms. The van der Waals surface area contributed by atoms with Gasteiger partial charge in [-0.3, -0.25) is 4.79 Å². The first-order chi connectivity index (χ1) is 9.49. The Hall–Kier alpha value is -0.910. The van der Waals surface area contributed by atoms with Crippen LogP contribution in [0.25, 0.3) is 0 Å². The predicted molar refractivity (Wildman–Crippen MR) is 80.6 cm³/mol. The first kappa shape index (κ1) is 15.5. The summed E-state index contributed by atoms with van der Waals surface area (Å²) in [6.07, 6.45) is 1.09. The van der Waals surface area contributed by atoms with Gasteiger partial charge in [-0.25, -0.2) is 0 Å². The molecule has 5 heteroatoms. The minimum Gasteiger partial charge on any atom is -0.389 e. The summed E-state index contributed by atoms with van der Waals surface area (Å²) < 4.78 is 5.87. The number of hydrogen-bond donors (Lipinski definition) is 1. The maximum absolute atomic E-state index is 12.6. The van der Waals surface area contributed by atoms with Crippen molar-refractivity contribution in [3.05, 3.63) is 34.3 Å². The van der Waals surface area contributed by atoms with Crippen molar-refractivity contribution in [2.75, 3.05) is 27.3 Å². The Bertz CT molecular complexity index is 488. The summed E-state index contributed by atoms with van der Waals surface area (Å²) in [5, 5.41) is 9.74. The third-order valence-electron chi connectivity index (χ3n) is 3.73. The van der Waals surface area contributed by atoms with Gasteiger partial charge < -0.3 is 14.7 Å². The number of methoxy groups -OCH3 is 1. The molecule has 0 aromatic heterocycles. The fraction of sp³-hybridized carbons (Fsp3) is 0.533. The van der Waals surface area contributed by atoms with Crippen LogP contribution in [0.2, 0.25) is 0 Å². The smallest absolute Gasteiger partial charge is 0.233 e. The fourth-order valence-electron chi connectivity index (χ4n) is 2.55. The SMILES string of the molecule is COCC(O)CN(C)C(=O)C1(c2cccc(Br)c2)CC1. The van der Waals surface area contributed by atoms with Gasteiger partial charge >= 0.3 is 0 Å². The van der Waals surface area contributed by atoms with E-state index >= 15 is 0 Å². The number of benzene rings is 1. The number of hydrogen-bond acceptors (Lipinski definition) is 3. The number of ether oxygens (including phenoxy) is 1. The molecule has 1 unspecified atom stereocenters. The molecule has 1 fully saturated rings. The number of aliphatic hydroxyl groups excluding tert-OH is 1. The van der Waals surface area contributed by atoms with E-state index in [0.29, 0.717) is 6.54 Å². The first-order valence-corrected chi connectivity index (χ1v) is 7.47. The quantitative estimate of drug-likeness (QED) is 0.860. The van der Waals surface area contributed by atoms with Gasteiger partial charge in [-0.05, 0) is 30.5 Å². The molecule has 0 radical (unpaired) electrons. The minimum absolute atomic E-state index is 0.0748. The highest BCUT2D eigenvalue weighted by Crippen LogP contribution is 2.49. The van der Waals surface area contributed by atoms with Crippen LogP contribution in [0.15, 0.2) is 28.7 Å². The van der Waals surface area contributed by atoms with Crippen LogP contribution < -0.4 is 0 Å². The Morgan fingerprint density at radius 1 is 1.55 bits per heavy atom. The number of halogens is 1. The van der Waals surface area contributed by atoms with Crippen LogP contribution in [0.3, 0.4) is 0 Å². The van der Waals surface area contributed by atoms with Crippen LogP contribution in [0.1, 0.15) is 18.4 Å². The molecule has 0 heterocycles. The third-order valence-corrected chi connectivity index (χ3v) is 4.22. The molecule has 1 aromatic carbocycles. The lowest BCUT2D eigenvalue weighted by Crippen LogP contribution is -2.41. The van der Waals surface area contributed by atoms with Gasteiger partial charge in [0.1, 0.15) is 0 Å². The number of carbonyl (C=O) groups is 1. The van der Waals surface area contributed by atoms with E-state index in [1.54, 1.807) is 11.9 Å². The highest BCUT2D eigenvalue weighted by atomic mass is 79.9. The van der Waals surface area contributed by atoms with Gasteiger partial charge in [0.2, 0.25) is 5.91 Å². The first-order valence-electron chi connectivity index (χ1n) is 6.68. The van der Waals surface area contributed by atoms with Crippen molar-refractivity contribution in [1.82, 2.24) is 4.90 Å². The molecule has 1 aliphatic rings. The van der Waals surface area contributed by atoms with Crippen LogP contribution in [-0.2, 0) is 14.9 Å². The molecule has 1 aromatic rings. The highest BCUT2D eigenvalue weighted by Gasteiger charge is 2.52. The van der Waals surface area contributed by atoms with Crippen LogP contribution >= 0.6 is 15.9 Å². The summed E-state index contributed by atoms with van der Waals surface area (Å²) >= 11 is 3.45. The van der Waals surface area contributed by atoms with E-state index in [4.69, 9.17) is 4.74 Å². The van der Waals surface area contributed by atoms with Crippen LogP contribution in [0.4, 0.5) is 0 Å². The number of aliphatic hydroxyl groups is 1. The second-order valence-electron chi connectivity index (χ2n) is 5.39. The molecule has 2 rings (SSSR count). The molecule has 1 aliphatic carbocycles. The summed E-state index contributed by atoms with van der Waals surface area (Å²) in [6, 6.07) is 7.90. The number of likely N-dealkylation sites (N-methyl/N-ethyl adjacent to an activating group) is 1. The second kappa shape index (κ2) is 6.24. The maximum atomic E-state index is 12.6. The topological polar surface area (TPSA) is 49.8 Å². The van der Waals surface area contributed by atoms with Gasteiger partial charge in [0.05, 0.1) is 18.1 Å². The van der Waals surface area contributed by atoms with Crippen molar-refractivity contribution in [3.8, 4) is 0 Å². The largest absolute Gasteiger partial charge is 0.389 e. The van der Waals surface area contributed by atoms with Gasteiger partial charge in [0, 0.05) is 25.2 Å². The van der Waals surface area contributed by atoms with E-state index in [1.165, 1.54) is 7.11 Å². The molecule has 1 N–H and O–H groups in total. The average Bonchev–Trinajstić information content (AvgIpc) is 3.19. The summed E-state index contributed by atoms with van der Waals surface area (Å²) in [6.45, 7) is 0.532. The molecule has 0 aliphatic heterocycles. The van der Waals surface area contributed by atoms with E-state index in [1.807, 2.05) is 24.3 Å². The minimum atomic E-state index is -0.646. The van der Waals surface area contributed by atoms with E-state index in [-0.39, 0.29) is 12.5 Å². The Morgan fingerprint density at radius 2 is 2.25 bits per heavy atom. The zero-order chi connectivity index (χ0) is 14.8. The maximum Gasteiger partial charge on any atom is 0.233 e.